The lowest BCUT2D eigenvalue weighted by atomic mass is 10.3. The summed E-state index contributed by atoms with van der Waals surface area (Å²) in [4.78, 5) is 22.5. The molecule has 8 heteroatoms. The number of nitro groups is 1. The highest BCUT2D eigenvalue weighted by molar-refractivity contribution is 6.29. The van der Waals surface area contributed by atoms with E-state index in [1.165, 1.54) is 24.7 Å². The number of nitrogens with zero attached hydrogens (tertiary/aromatic N) is 5. The summed E-state index contributed by atoms with van der Waals surface area (Å²) in [5, 5.41) is 11.0. The van der Waals surface area contributed by atoms with E-state index >= 15 is 0 Å². The molecule has 94 valence electrons. The van der Waals surface area contributed by atoms with Crippen molar-refractivity contribution in [2.24, 2.45) is 0 Å². The lowest BCUT2D eigenvalue weighted by Crippen LogP contribution is -1.95. The van der Waals surface area contributed by atoms with Crippen molar-refractivity contribution in [3.8, 4) is 11.4 Å². The summed E-state index contributed by atoms with van der Waals surface area (Å²) < 4.78 is 1.58. The highest BCUT2D eigenvalue weighted by Gasteiger charge is 2.12. The smallest absolute Gasteiger partial charge is 0.286 e. The summed E-state index contributed by atoms with van der Waals surface area (Å²) in [6.07, 6.45) is 5.89. The number of fused-ring (bicyclic) bond motifs is 1. The zero-order chi connectivity index (χ0) is 13.4. The van der Waals surface area contributed by atoms with Crippen LogP contribution in [0.2, 0.25) is 5.15 Å². The lowest BCUT2D eigenvalue weighted by Gasteiger charge is -2.01. The number of hydrogen-bond donors (Lipinski definition) is 0. The van der Waals surface area contributed by atoms with Crippen molar-refractivity contribution in [3.05, 3.63) is 52.2 Å². The van der Waals surface area contributed by atoms with Gasteiger partial charge in [0.2, 0.25) is 0 Å². The van der Waals surface area contributed by atoms with Crippen LogP contribution in [0.4, 0.5) is 5.69 Å². The highest BCUT2D eigenvalue weighted by Crippen LogP contribution is 2.22. The van der Waals surface area contributed by atoms with Crippen LogP contribution in [0.1, 0.15) is 0 Å². The monoisotopic (exact) mass is 275 g/mol. The van der Waals surface area contributed by atoms with E-state index in [4.69, 9.17) is 11.6 Å². The Kier molecular flexibility index (Phi) is 2.60. The zero-order valence-electron chi connectivity index (χ0n) is 9.39. The summed E-state index contributed by atoms with van der Waals surface area (Å²) >= 11 is 5.78. The molecule has 0 saturated heterocycles. The molecule has 0 spiro atoms. The van der Waals surface area contributed by atoms with Gasteiger partial charge in [-0.15, -0.1) is 0 Å². The van der Waals surface area contributed by atoms with Gasteiger partial charge < -0.3 is 0 Å². The molecular weight excluding hydrogens is 270 g/mol. The van der Waals surface area contributed by atoms with Crippen molar-refractivity contribution in [2.45, 2.75) is 0 Å². The molecule has 0 atom stereocenters. The molecule has 19 heavy (non-hydrogen) atoms. The molecule has 7 nitrogen and oxygen atoms in total. The van der Waals surface area contributed by atoms with Gasteiger partial charge in [-0.3, -0.25) is 19.5 Å². The van der Waals surface area contributed by atoms with E-state index in [-0.39, 0.29) is 10.8 Å². The molecule has 0 radical (unpaired) electrons. The first-order chi connectivity index (χ1) is 9.15. The van der Waals surface area contributed by atoms with E-state index in [0.29, 0.717) is 17.0 Å². The van der Waals surface area contributed by atoms with E-state index in [2.05, 4.69) is 15.0 Å². The Morgan fingerprint density at radius 3 is 2.84 bits per heavy atom. The minimum absolute atomic E-state index is 0.0262. The molecule has 3 rings (SSSR count). The van der Waals surface area contributed by atoms with Crippen LogP contribution in [-0.4, -0.2) is 24.3 Å². The van der Waals surface area contributed by atoms with Gasteiger partial charge in [0.1, 0.15) is 16.5 Å². The Morgan fingerprint density at radius 1 is 1.26 bits per heavy atom. The van der Waals surface area contributed by atoms with Gasteiger partial charge in [0.15, 0.2) is 0 Å². The molecule has 0 aliphatic rings. The molecule has 3 heterocycles. The first-order valence-corrected chi connectivity index (χ1v) is 5.62. The molecular formula is C11H6ClN5O2. The van der Waals surface area contributed by atoms with Crippen molar-refractivity contribution in [2.75, 3.05) is 0 Å². The van der Waals surface area contributed by atoms with Gasteiger partial charge in [0.25, 0.3) is 5.69 Å². The maximum absolute atomic E-state index is 10.8. The second-order valence-electron chi connectivity index (χ2n) is 3.74. The Morgan fingerprint density at radius 2 is 2.11 bits per heavy atom. The average Bonchev–Trinajstić information content (AvgIpc) is 2.81. The summed E-state index contributed by atoms with van der Waals surface area (Å²) in [7, 11) is 0. The SMILES string of the molecule is O=[N+]([O-])c1ccc2ncc(-c3cncc(Cl)n3)n2c1. The third-order valence-electron chi connectivity index (χ3n) is 2.57. The average molecular weight is 276 g/mol. The van der Waals surface area contributed by atoms with Crippen LogP contribution in [0.25, 0.3) is 17.0 Å². The van der Waals surface area contributed by atoms with Crippen LogP contribution in [0.5, 0.6) is 0 Å². The quantitative estimate of drug-likeness (QED) is 0.529. The molecule has 0 aliphatic heterocycles. The van der Waals surface area contributed by atoms with Crippen LogP contribution in [0, 0.1) is 10.1 Å². The number of halogens is 1. The third kappa shape index (κ3) is 2.00. The predicted octanol–water partition coefficient (Wildman–Crippen LogP) is 2.35. The van der Waals surface area contributed by atoms with Crippen LogP contribution >= 0.6 is 11.6 Å². The number of rotatable bonds is 2. The molecule has 0 N–H and O–H groups in total. The van der Waals surface area contributed by atoms with Gasteiger partial charge >= 0.3 is 0 Å². The Labute approximate surface area is 111 Å². The topological polar surface area (TPSA) is 86.2 Å². The highest BCUT2D eigenvalue weighted by atomic mass is 35.5. The lowest BCUT2D eigenvalue weighted by molar-refractivity contribution is -0.385. The number of hydrogen-bond acceptors (Lipinski definition) is 5. The predicted molar refractivity (Wildman–Crippen MR) is 67.9 cm³/mol. The Balaban J connectivity index is 2.24. The van der Waals surface area contributed by atoms with E-state index in [1.807, 2.05) is 0 Å². The molecule has 0 aromatic carbocycles. The van der Waals surface area contributed by atoms with E-state index < -0.39 is 4.92 Å². The fourth-order valence-corrected chi connectivity index (χ4v) is 1.88. The third-order valence-corrected chi connectivity index (χ3v) is 2.75. The van der Waals surface area contributed by atoms with Gasteiger partial charge in [-0.25, -0.2) is 9.97 Å². The molecule has 0 fully saturated rings. The molecule has 0 amide bonds. The summed E-state index contributed by atoms with van der Waals surface area (Å²) in [6.45, 7) is 0. The minimum Gasteiger partial charge on any atom is -0.291 e. The van der Waals surface area contributed by atoms with E-state index in [9.17, 15) is 10.1 Å². The van der Waals surface area contributed by atoms with Crippen LogP contribution < -0.4 is 0 Å². The van der Waals surface area contributed by atoms with Gasteiger partial charge in [-0.2, -0.15) is 0 Å². The standard InChI is InChI=1S/C11H6ClN5O2/c12-10-5-13-3-8(15-10)9-4-14-11-2-1-7(17(18)19)6-16(9)11/h1-6H. The number of aromatic nitrogens is 4. The fraction of sp³-hybridized carbons (Fsp3) is 0. The number of imidazole rings is 1. The molecule has 0 aliphatic carbocycles. The first kappa shape index (κ1) is 11.5. The van der Waals surface area contributed by atoms with Crippen molar-refractivity contribution < 1.29 is 4.92 Å². The Bertz CT molecular complexity index is 786. The van der Waals surface area contributed by atoms with E-state index in [0.717, 1.165) is 0 Å². The fourth-order valence-electron chi connectivity index (χ4n) is 1.73. The maximum atomic E-state index is 10.8. The second-order valence-corrected chi connectivity index (χ2v) is 4.13. The summed E-state index contributed by atoms with van der Waals surface area (Å²) in [6, 6.07) is 2.97. The van der Waals surface area contributed by atoms with Crippen LogP contribution in [-0.2, 0) is 0 Å². The summed E-state index contributed by atoms with van der Waals surface area (Å²) in [5.41, 5.74) is 1.65. The van der Waals surface area contributed by atoms with Crippen LogP contribution in [0.3, 0.4) is 0 Å². The van der Waals surface area contributed by atoms with Gasteiger partial charge in [0.05, 0.1) is 35.4 Å². The normalized spacial score (nSPS) is 10.8. The van der Waals surface area contributed by atoms with Gasteiger partial charge in [0, 0.05) is 6.07 Å². The molecule has 0 bridgehead atoms. The first-order valence-electron chi connectivity index (χ1n) is 5.24. The van der Waals surface area contributed by atoms with Crippen molar-refractivity contribution in [1.29, 1.82) is 0 Å². The van der Waals surface area contributed by atoms with Gasteiger partial charge in [-0.1, -0.05) is 11.6 Å². The number of pyridine rings is 1. The molecule has 0 saturated carbocycles. The van der Waals surface area contributed by atoms with Crippen LogP contribution in [0.15, 0.2) is 36.9 Å². The van der Waals surface area contributed by atoms with E-state index in [1.54, 1.807) is 16.7 Å². The molecule has 3 aromatic rings. The zero-order valence-corrected chi connectivity index (χ0v) is 10.2. The second kappa shape index (κ2) is 4.29. The largest absolute Gasteiger partial charge is 0.291 e. The van der Waals surface area contributed by atoms with Gasteiger partial charge in [-0.05, 0) is 6.07 Å². The minimum atomic E-state index is -0.465. The van der Waals surface area contributed by atoms with Crippen molar-refractivity contribution in [3.63, 3.8) is 0 Å². The maximum Gasteiger partial charge on any atom is 0.286 e. The molecule has 3 aromatic heterocycles. The van der Waals surface area contributed by atoms with Crippen molar-refractivity contribution >= 4 is 22.9 Å². The Hall–Kier alpha value is -2.54. The van der Waals surface area contributed by atoms with Crippen molar-refractivity contribution in [1.82, 2.24) is 19.4 Å². The molecule has 0 unspecified atom stereocenters. The summed E-state index contributed by atoms with van der Waals surface area (Å²) in [5.74, 6) is 0.